The third kappa shape index (κ3) is 4.08. The van der Waals surface area contributed by atoms with Crippen LogP contribution in [-0.2, 0) is 6.42 Å². The highest BCUT2D eigenvalue weighted by atomic mass is 16.5. The van der Waals surface area contributed by atoms with Crippen molar-refractivity contribution in [2.45, 2.75) is 51.1 Å². The summed E-state index contributed by atoms with van der Waals surface area (Å²) in [6, 6.07) is 12.3. The lowest BCUT2D eigenvalue weighted by Crippen LogP contribution is -2.64. The van der Waals surface area contributed by atoms with Gasteiger partial charge in [-0.2, -0.15) is 0 Å². The SMILES string of the molecule is COc1cccc(C[C@H]2[C@H]3C[C@H](CN(C(=O)c4cc(=O)cc(C)[nH]4)C3)[C@@H]3CCCCN32)c1. The summed E-state index contributed by atoms with van der Waals surface area (Å²) in [5.74, 6) is 1.81. The van der Waals surface area contributed by atoms with Gasteiger partial charge < -0.3 is 14.6 Å². The zero-order valence-corrected chi connectivity index (χ0v) is 19.0. The Kier molecular flexibility index (Phi) is 5.80. The molecular formula is C26H33N3O3. The molecule has 1 aromatic carbocycles. The van der Waals surface area contributed by atoms with Gasteiger partial charge in [0.05, 0.1) is 7.11 Å². The molecule has 1 aromatic heterocycles. The van der Waals surface area contributed by atoms with E-state index in [4.69, 9.17) is 4.74 Å². The first-order valence-electron chi connectivity index (χ1n) is 11.9. The second kappa shape index (κ2) is 8.74. The van der Waals surface area contributed by atoms with E-state index in [1.807, 2.05) is 17.9 Å². The lowest BCUT2D eigenvalue weighted by atomic mass is 9.71. The molecule has 3 saturated heterocycles. The average Bonchev–Trinajstić information content (AvgIpc) is 2.80. The number of carbonyl (C=O) groups excluding carboxylic acids is 1. The summed E-state index contributed by atoms with van der Waals surface area (Å²) in [7, 11) is 1.71. The molecule has 3 fully saturated rings. The first-order valence-corrected chi connectivity index (χ1v) is 11.9. The van der Waals surface area contributed by atoms with Gasteiger partial charge in [0.2, 0.25) is 0 Å². The number of hydrogen-bond acceptors (Lipinski definition) is 4. The highest BCUT2D eigenvalue weighted by Crippen LogP contribution is 2.42. The first kappa shape index (κ1) is 21.3. The van der Waals surface area contributed by atoms with E-state index in [1.165, 1.54) is 43.4 Å². The maximum absolute atomic E-state index is 13.4. The van der Waals surface area contributed by atoms with Crippen molar-refractivity contribution in [3.05, 3.63) is 63.6 Å². The number of methoxy groups -OCH3 is 1. The van der Waals surface area contributed by atoms with Crippen LogP contribution in [0.25, 0.3) is 0 Å². The van der Waals surface area contributed by atoms with Crippen LogP contribution in [0, 0.1) is 18.8 Å². The summed E-state index contributed by atoms with van der Waals surface area (Å²) in [5, 5.41) is 0. The molecule has 32 heavy (non-hydrogen) atoms. The number of piperidine rings is 3. The number of nitrogens with zero attached hydrogens (tertiary/aromatic N) is 2. The number of ether oxygens (including phenoxy) is 1. The predicted molar refractivity (Wildman–Crippen MR) is 124 cm³/mol. The van der Waals surface area contributed by atoms with Crippen LogP contribution in [-0.4, -0.2) is 59.5 Å². The van der Waals surface area contributed by atoms with E-state index in [1.54, 1.807) is 7.11 Å². The van der Waals surface area contributed by atoms with Gasteiger partial charge in [-0.05, 0) is 68.7 Å². The van der Waals surface area contributed by atoms with Gasteiger partial charge in [0.25, 0.3) is 5.91 Å². The van der Waals surface area contributed by atoms with E-state index in [-0.39, 0.29) is 11.3 Å². The molecule has 6 nitrogen and oxygen atoms in total. The van der Waals surface area contributed by atoms with Crippen LogP contribution >= 0.6 is 0 Å². The quantitative estimate of drug-likeness (QED) is 0.801. The molecule has 4 heterocycles. The Morgan fingerprint density at radius 1 is 1.16 bits per heavy atom. The van der Waals surface area contributed by atoms with Crippen LogP contribution < -0.4 is 10.2 Å². The highest BCUT2D eigenvalue weighted by Gasteiger charge is 2.47. The zero-order chi connectivity index (χ0) is 22.2. The number of aromatic nitrogens is 1. The van der Waals surface area contributed by atoms with E-state index < -0.39 is 0 Å². The number of amides is 1. The topological polar surface area (TPSA) is 65.6 Å². The fraction of sp³-hybridized carbons (Fsp3) is 0.538. The minimum Gasteiger partial charge on any atom is -0.497 e. The van der Waals surface area contributed by atoms with Crippen molar-refractivity contribution in [1.82, 2.24) is 14.8 Å². The molecule has 0 saturated carbocycles. The molecule has 0 radical (unpaired) electrons. The molecule has 0 unspecified atom stereocenters. The summed E-state index contributed by atoms with van der Waals surface area (Å²) >= 11 is 0. The van der Waals surface area contributed by atoms with Gasteiger partial charge in [0, 0.05) is 43.0 Å². The molecule has 0 spiro atoms. The second-order valence-electron chi connectivity index (χ2n) is 9.80. The first-order chi connectivity index (χ1) is 15.5. The predicted octanol–water partition coefficient (Wildman–Crippen LogP) is 3.25. The van der Waals surface area contributed by atoms with Crippen molar-refractivity contribution in [2.75, 3.05) is 26.7 Å². The molecule has 170 valence electrons. The Hall–Kier alpha value is -2.60. The number of aromatic amines is 1. The number of aryl methyl sites for hydroxylation is 1. The summed E-state index contributed by atoms with van der Waals surface area (Å²) in [6.45, 7) is 4.53. The number of pyridine rings is 1. The van der Waals surface area contributed by atoms with Gasteiger partial charge in [0.1, 0.15) is 11.4 Å². The molecule has 2 aromatic rings. The van der Waals surface area contributed by atoms with Crippen LogP contribution in [0.2, 0.25) is 0 Å². The van der Waals surface area contributed by atoms with Crippen LogP contribution in [0.15, 0.2) is 41.2 Å². The molecule has 6 heteroatoms. The second-order valence-corrected chi connectivity index (χ2v) is 9.80. The third-order valence-electron chi connectivity index (χ3n) is 7.70. The fourth-order valence-corrected chi connectivity index (χ4v) is 6.36. The van der Waals surface area contributed by atoms with Crippen LogP contribution in [0.5, 0.6) is 5.75 Å². The van der Waals surface area contributed by atoms with Gasteiger partial charge in [0.15, 0.2) is 5.43 Å². The van der Waals surface area contributed by atoms with Gasteiger partial charge in [-0.3, -0.25) is 14.5 Å². The van der Waals surface area contributed by atoms with E-state index in [0.29, 0.717) is 29.6 Å². The van der Waals surface area contributed by atoms with Crippen molar-refractivity contribution < 1.29 is 9.53 Å². The number of carbonyl (C=O) groups is 1. The minimum absolute atomic E-state index is 0.0371. The third-order valence-corrected chi connectivity index (χ3v) is 7.70. The smallest absolute Gasteiger partial charge is 0.270 e. The van der Waals surface area contributed by atoms with Crippen molar-refractivity contribution >= 4 is 5.91 Å². The molecule has 3 aliphatic rings. The zero-order valence-electron chi connectivity index (χ0n) is 19.0. The van der Waals surface area contributed by atoms with Gasteiger partial charge in [-0.15, -0.1) is 0 Å². The number of likely N-dealkylation sites (tertiary alicyclic amines) is 1. The van der Waals surface area contributed by atoms with Gasteiger partial charge >= 0.3 is 0 Å². The Labute approximate surface area is 189 Å². The van der Waals surface area contributed by atoms with E-state index in [2.05, 4.69) is 28.1 Å². The van der Waals surface area contributed by atoms with E-state index >= 15 is 0 Å². The lowest BCUT2D eigenvalue weighted by Gasteiger charge is -2.57. The Bertz CT molecular complexity index is 1050. The standard InChI is InChI=1S/C26H33N3O3/c1-17-10-21(30)14-23(27-17)26(31)28-15-19-13-20(16-28)25(29-9-4-3-8-24(19)29)12-18-6-5-7-22(11-18)32-2/h5-7,10-11,14,19-20,24-25H,3-4,8-9,12-13,15-16H2,1-2H3,(H,27,30)/t19-,20+,24+,25+/m1/s1. The summed E-state index contributed by atoms with van der Waals surface area (Å²) in [6.07, 6.45) is 5.92. The highest BCUT2D eigenvalue weighted by molar-refractivity contribution is 5.92. The lowest BCUT2D eigenvalue weighted by molar-refractivity contribution is -0.0643. The molecule has 4 atom stereocenters. The van der Waals surface area contributed by atoms with E-state index in [0.717, 1.165) is 37.5 Å². The molecule has 5 rings (SSSR count). The number of fused-ring (bicyclic) bond motifs is 4. The minimum atomic E-state index is -0.115. The van der Waals surface area contributed by atoms with Gasteiger partial charge in [-0.25, -0.2) is 0 Å². The maximum Gasteiger partial charge on any atom is 0.270 e. The van der Waals surface area contributed by atoms with Gasteiger partial charge in [-0.1, -0.05) is 18.6 Å². The molecular weight excluding hydrogens is 402 g/mol. The number of rotatable bonds is 4. The average molecular weight is 436 g/mol. The van der Waals surface area contributed by atoms with E-state index in [9.17, 15) is 9.59 Å². The summed E-state index contributed by atoms with van der Waals surface area (Å²) < 4.78 is 5.45. The van der Waals surface area contributed by atoms with Crippen molar-refractivity contribution in [3.63, 3.8) is 0 Å². The Morgan fingerprint density at radius 3 is 2.81 bits per heavy atom. The maximum atomic E-state index is 13.4. The largest absolute Gasteiger partial charge is 0.497 e. The van der Waals surface area contributed by atoms with Crippen LogP contribution in [0.4, 0.5) is 0 Å². The molecule has 1 amide bonds. The van der Waals surface area contributed by atoms with Crippen LogP contribution in [0.3, 0.4) is 0 Å². The van der Waals surface area contributed by atoms with Crippen molar-refractivity contribution in [3.8, 4) is 5.75 Å². The number of hydrogen-bond donors (Lipinski definition) is 1. The molecule has 3 aliphatic heterocycles. The number of benzene rings is 1. The summed E-state index contributed by atoms with van der Waals surface area (Å²) in [4.78, 5) is 33.2. The fourth-order valence-electron chi connectivity index (χ4n) is 6.36. The Balaban J connectivity index is 1.42. The number of H-pyrrole nitrogens is 1. The molecule has 1 N–H and O–H groups in total. The number of nitrogens with one attached hydrogen (secondary N) is 1. The molecule has 2 bridgehead atoms. The van der Waals surface area contributed by atoms with Crippen molar-refractivity contribution in [1.29, 1.82) is 0 Å². The normalized spacial score (nSPS) is 27.6. The Morgan fingerprint density at radius 2 is 2.00 bits per heavy atom. The van der Waals surface area contributed by atoms with Crippen LogP contribution in [0.1, 0.15) is 47.4 Å². The van der Waals surface area contributed by atoms with Crippen molar-refractivity contribution in [2.24, 2.45) is 11.8 Å². The monoisotopic (exact) mass is 435 g/mol. The summed E-state index contributed by atoms with van der Waals surface area (Å²) in [5.41, 5.74) is 2.33. The molecule has 0 aliphatic carbocycles.